The van der Waals surface area contributed by atoms with Crippen LogP contribution >= 0.6 is 27.3 Å². The molecular formula is C13H13BrOS. The van der Waals surface area contributed by atoms with Gasteiger partial charge in [-0.2, -0.15) is 11.3 Å². The summed E-state index contributed by atoms with van der Waals surface area (Å²) >= 11 is 5.08. The van der Waals surface area contributed by atoms with Gasteiger partial charge in [-0.25, -0.2) is 0 Å². The Morgan fingerprint density at radius 2 is 2.19 bits per heavy atom. The summed E-state index contributed by atoms with van der Waals surface area (Å²) in [4.78, 5) is 0. The zero-order valence-corrected chi connectivity index (χ0v) is 11.4. The lowest BCUT2D eigenvalue weighted by Crippen LogP contribution is -2.23. The van der Waals surface area contributed by atoms with Gasteiger partial charge in [-0.05, 0) is 47.0 Å². The highest BCUT2D eigenvalue weighted by Gasteiger charge is 2.23. The van der Waals surface area contributed by atoms with Gasteiger partial charge in [0.25, 0.3) is 0 Å². The molecule has 2 aromatic rings. The van der Waals surface area contributed by atoms with Crippen LogP contribution < -0.4 is 0 Å². The van der Waals surface area contributed by atoms with Crippen LogP contribution in [0.5, 0.6) is 0 Å². The molecule has 3 heteroatoms. The normalized spacial score (nSPS) is 14.7. The van der Waals surface area contributed by atoms with Crippen LogP contribution in [0.3, 0.4) is 0 Å². The first kappa shape index (κ1) is 11.8. The molecule has 0 aliphatic rings. The predicted octanol–water partition coefficient (Wildman–Crippen LogP) is 3.96. The molecule has 1 aromatic heterocycles. The molecule has 1 unspecified atom stereocenters. The molecule has 0 saturated carbocycles. The van der Waals surface area contributed by atoms with Crippen molar-refractivity contribution in [2.75, 3.05) is 0 Å². The van der Waals surface area contributed by atoms with Crippen molar-refractivity contribution in [3.05, 3.63) is 56.7 Å². The van der Waals surface area contributed by atoms with Crippen LogP contribution in [-0.2, 0) is 12.0 Å². The third-order valence-corrected chi connectivity index (χ3v) is 3.80. The highest BCUT2D eigenvalue weighted by atomic mass is 79.9. The summed E-state index contributed by atoms with van der Waals surface area (Å²) in [5.74, 6) is 0. The number of aliphatic hydroxyl groups is 1. The summed E-state index contributed by atoms with van der Waals surface area (Å²) in [6.45, 7) is 1.85. The largest absolute Gasteiger partial charge is 0.385 e. The first-order valence-electron chi connectivity index (χ1n) is 5.07. The zero-order valence-electron chi connectivity index (χ0n) is 8.98. The van der Waals surface area contributed by atoms with Gasteiger partial charge in [-0.1, -0.05) is 28.1 Å². The number of rotatable bonds is 3. The molecule has 1 N–H and O–H groups in total. The van der Waals surface area contributed by atoms with Crippen LogP contribution in [0.2, 0.25) is 0 Å². The standard InChI is InChI=1S/C13H13BrOS/c1-13(15,8-10-5-6-16-9-10)11-3-2-4-12(14)7-11/h2-7,9,15H,8H2,1H3. The molecular weight excluding hydrogens is 284 g/mol. The molecule has 84 valence electrons. The van der Waals surface area contributed by atoms with Crippen LogP contribution in [-0.4, -0.2) is 5.11 Å². The van der Waals surface area contributed by atoms with Crippen molar-refractivity contribution >= 4 is 27.3 Å². The quantitative estimate of drug-likeness (QED) is 0.909. The Morgan fingerprint density at radius 3 is 2.81 bits per heavy atom. The van der Waals surface area contributed by atoms with E-state index in [9.17, 15) is 5.11 Å². The van der Waals surface area contributed by atoms with E-state index in [-0.39, 0.29) is 0 Å². The Balaban J connectivity index is 2.24. The van der Waals surface area contributed by atoms with Crippen molar-refractivity contribution in [1.29, 1.82) is 0 Å². The fraction of sp³-hybridized carbons (Fsp3) is 0.231. The average molecular weight is 297 g/mol. The zero-order chi connectivity index (χ0) is 11.6. The molecule has 0 radical (unpaired) electrons. The first-order valence-corrected chi connectivity index (χ1v) is 6.81. The highest BCUT2D eigenvalue weighted by molar-refractivity contribution is 9.10. The fourth-order valence-electron chi connectivity index (χ4n) is 1.72. The van der Waals surface area contributed by atoms with Crippen LogP contribution in [0.15, 0.2) is 45.6 Å². The van der Waals surface area contributed by atoms with Crippen molar-refractivity contribution in [3.8, 4) is 0 Å². The molecule has 1 aromatic carbocycles. The number of halogens is 1. The van der Waals surface area contributed by atoms with E-state index >= 15 is 0 Å². The Hall–Kier alpha value is -0.640. The van der Waals surface area contributed by atoms with E-state index in [0.717, 1.165) is 10.0 Å². The van der Waals surface area contributed by atoms with Gasteiger partial charge in [-0.3, -0.25) is 0 Å². The van der Waals surface area contributed by atoms with Gasteiger partial charge in [-0.15, -0.1) is 0 Å². The van der Waals surface area contributed by atoms with Crippen molar-refractivity contribution in [2.45, 2.75) is 18.9 Å². The second-order valence-electron chi connectivity index (χ2n) is 4.09. The van der Waals surface area contributed by atoms with Gasteiger partial charge in [0, 0.05) is 10.9 Å². The smallest absolute Gasteiger partial charge is 0.0909 e. The van der Waals surface area contributed by atoms with Crippen LogP contribution in [0.4, 0.5) is 0 Å². The van der Waals surface area contributed by atoms with Crippen LogP contribution in [0.25, 0.3) is 0 Å². The Labute approximate surface area is 108 Å². The third-order valence-electron chi connectivity index (χ3n) is 2.57. The molecule has 16 heavy (non-hydrogen) atoms. The lowest BCUT2D eigenvalue weighted by molar-refractivity contribution is 0.0577. The minimum atomic E-state index is -0.815. The van der Waals surface area contributed by atoms with Crippen molar-refractivity contribution in [3.63, 3.8) is 0 Å². The Bertz CT molecular complexity index is 463. The summed E-state index contributed by atoms with van der Waals surface area (Å²) < 4.78 is 0.996. The summed E-state index contributed by atoms with van der Waals surface area (Å²) in [7, 11) is 0. The molecule has 0 bridgehead atoms. The van der Waals surface area contributed by atoms with Crippen molar-refractivity contribution in [1.82, 2.24) is 0 Å². The highest BCUT2D eigenvalue weighted by Crippen LogP contribution is 2.27. The third kappa shape index (κ3) is 2.73. The van der Waals surface area contributed by atoms with Gasteiger partial charge < -0.3 is 5.11 Å². The molecule has 1 atom stereocenters. The lowest BCUT2D eigenvalue weighted by atomic mass is 9.90. The average Bonchev–Trinajstić information content (AvgIpc) is 2.70. The maximum Gasteiger partial charge on any atom is 0.0909 e. The van der Waals surface area contributed by atoms with Crippen LogP contribution in [0, 0.1) is 0 Å². The van der Waals surface area contributed by atoms with Gasteiger partial charge in [0.1, 0.15) is 0 Å². The summed E-state index contributed by atoms with van der Waals surface area (Å²) in [6.07, 6.45) is 0.646. The molecule has 0 spiro atoms. The molecule has 1 heterocycles. The summed E-state index contributed by atoms with van der Waals surface area (Å²) in [6, 6.07) is 9.88. The minimum Gasteiger partial charge on any atom is -0.385 e. The van der Waals surface area contributed by atoms with Crippen molar-refractivity contribution in [2.24, 2.45) is 0 Å². The molecule has 0 aliphatic heterocycles. The van der Waals surface area contributed by atoms with E-state index < -0.39 is 5.60 Å². The van der Waals surface area contributed by atoms with E-state index in [1.165, 1.54) is 5.56 Å². The lowest BCUT2D eigenvalue weighted by Gasteiger charge is -2.23. The van der Waals surface area contributed by atoms with E-state index in [0.29, 0.717) is 6.42 Å². The molecule has 0 fully saturated rings. The fourth-order valence-corrected chi connectivity index (χ4v) is 2.78. The van der Waals surface area contributed by atoms with Gasteiger partial charge >= 0.3 is 0 Å². The summed E-state index contributed by atoms with van der Waals surface area (Å²) in [5, 5.41) is 14.6. The summed E-state index contributed by atoms with van der Waals surface area (Å²) in [5.41, 5.74) is 1.30. The molecule has 2 rings (SSSR count). The van der Waals surface area contributed by atoms with E-state index in [1.54, 1.807) is 11.3 Å². The molecule has 1 nitrogen and oxygen atoms in total. The molecule has 0 saturated heterocycles. The molecule has 0 aliphatic carbocycles. The maximum atomic E-state index is 10.5. The Kier molecular flexibility index (Phi) is 3.47. The topological polar surface area (TPSA) is 20.2 Å². The number of hydrogen-bond donors (Lipinski definition) is 1. The predicted molar refractivity (Wildman–Crippen MR) is 71.7 cm³/mol. The minimum absolute atomic E-state index is 0.646. The molecule has 0 amide bonds. The van der Waals surface area contributed by atoms with Gasteiger partial charge in [0.2, 0.25) is 0 Å². The maximum absolute atomic E-state index is 10.5. The monoisotopic (exact) mass is 296 g/mol. The first-order chi connectivity index (χ1) is 7.58. The number of thiophene rings is 1. The van der Waals surface area contributed by atoms with E-state index in [2.05, 4.69) is 27.4 Å². The second kappa shape index (κ2) is 4.70. The Morgan fingerprint density at radius 1 is 1.38 bits per heavy atom. The number of benzene rings is 1. The van der Waals surface area contributed by atoms with E-state index in [4.69, 9.17) is 0 Å². The second-order valence-corrected chi connectivity index (χ2v) is 5.79. The number of hydrogen-bond acceptors (Lipinski definition) is 2. The van der Waals surface area contributed by atoms with Gasteiger partial charge in [0.15, 0.2) is 0 Å². The SMILES string of the molecule is CC(O)(Cc1ccsc1)c1cccc(Br)c1. The van der Waals surface area contributed by atoms with Crippen molar-refractivity contribution < 1.29 is 5.11 Å². The van der Waals surface area contributed by atoms with Gasteiger partial charge in [0.05, 0.1) is 5.60 Å². The van der Waals surface area contributed by atoms with E-state index in [1.807, 2.05) is 36.6 Å². The van der Waals surface area contributed by atoms with Crippen LogP contribution in [0.1, 0.15) is 18.1 Å².